The number of ether oxygens (including phenoxy) is 4. The molecule has 0 atom stereocenters. The van der Waals surface area contributed by atoms with Crippen molar-refractivity contribution in [2.75, 3.05) is 28.4 Å². The summed E-state index contributed by atoms with van der Waals surface area (Å²) < 4.78 is 23.5. The maximum atomic E-state index is 12.8. The Balaban J connectivity index is 1.59. The maximum Gasteiger partial charge on any atom is 0.291 e. The summed E-state index contributed by atoms with van der Waals surface area (Å²) in [6, 6.07) is 11.3. The van der Waals surface area contributed by atoms with Gasteiger partial charge in [-0.05, 0) is 36.3 Å². The lowest BCUT2D eigenvalue weighted by atomic mass is 10.1. The van der Waals surface area contributed by atoms with Crippen molar-refractivity contribution in [1.82, 2.24) is 14.6 Å². The summed E-state index contributed by atoms with van der Waals surface area (Å²) >= 11 is 1.31. The normalized spacial score (nSPS) is 11.7. The zero-order valence-corrected chi connectivity index (χ0v) is 19.1. The van der Waals surface area contributed by atoms with Crippen molar-refractivity contribution in [3.8, 4) is 23.0 Å². The molecule has 2 aromatic heterocycles. The minimum atomic E-state index is -0.192. The molecule has 4 aromatic rings. The van der Waals surface area contributed by atoms with Crippen LogP contribution in [0, 0.1) is 0 Å². The van der Waals surface area contributed by atoms with Gasteiger partial charge >= 0.3 is 0 Å². The summed E-state index contributed by atoms with van der Waals surface area (Å²) in [6.45, 7) is 0. The number of aryl methyl sites for hydroxylation is 2. The first-order valence-electron chi connectivity index (χ1n) is 9.90. The second-order valence-electron chi connectivity index (χ2n) is 6.91. The first-order chi connectivity index (χ1) is 15.6. The van der Waals surface area contributed by atoms with Crippen LogP contribution in [0.15, 0.2) is 41.2 Å². The van der Waals surface area contributed by atoms with Crippen LogP contribution in [-0.2, 0) is 12.8 Å². The molecule has 0 amide bonds. The number of aromatic nitrogens is 3. The quantitative estimate of drug-likeness (QED) is 0.405. The van der Waals surface area contributed by atoms with Gasteiger partial charge in [-0.2, -0.15) is 4.52 Å². The van der Waals surface area contributed by atoms with E-state index in [0.717, 1.165) is 11.1 Å². The van der Waals surface area contributed by atoms with E-state index < -0.39 is 0 Å². The van der Waals surface area contributed by atoms with Gasteiger partial charge in [-0.3, -0.25) is 4.79 Å². The lowest BCUT2D eigenvalue weighted by Crippen LogP contribution is -2.23. The molecule has 9 heteroatoms. The summed E-state index contributed by atoms with van der Waals surface area (Å²) in [7, 11) is 6.35. The average molecular weight is 454 g/mol. The van der Waals surface area contributed by atoms with E-state index in [1.807, 2.05) is 36.4 Å². The van der Waals surface area contributed by atoms with Gasteiger partial charge < -0.3 is 18.9 Å². The molecule has 0 aliphatic heterocycles. The summed E-state index contributed by atoms with van der Waals surface area (Å²) in [6.07, 6.45) is 3.03. The fourth-order valence-electron chi connectivity index (χ4n) is 3.44. The van der Waals surface area contributed by atoms with E-state index in [2.05, 4.69) is 10.1 Å². The second kappa shape index (κ2) is 9.27. The maximum absolute atomic E-state index is 12.8. The van der Waals surface area contributed by atoms with Crippen LogP contribution in [-0.4, -0.2) is 43.0 Å². The van der Waals surface area contributed by atoms with Crippen LogP contribution >= 0.6 is 11.3 Å². The van der Waals surface area contributed by atoms with Crippen molar-refractivity contribution in [3.63, 3.8) is 0 Å². The molecule has 0 radical (unpaired) electrons. The highest BCUT2D eigenvalue weighted by atomic mass is 32.1. The Labute approximate surface area is 188 Å². The molecule has 0 bridgehead atoms. The lowest BCUT2D eigenvalue weighted by Gasteiger charge is -2.13. The Morgan fingerprint density at radius 2 is 1.62 bits per heavy atom. The second-order valence-corrected chi connectivity index (χ2v) is 7.92. The molecule has 8 nitrogen and oxygen atoms in total. The molecule has 0 aliphatic rings. The van der Waals surface area contributed by atoms with Crippen molar-refractivity contribution in [3.05, 3.63) is 68.2 Å². The van der Waals surface area contributed by atoms with E-state index >= 15 is 0 Å². The van der Waals surface area contributed by atoms with Gasteiger partial charge in [-0.25, -0.2) is 4.98 Å². The van der Waals surface area contributed by atoms with E-state index in [-0.39, 0.29) is 5.56 Å². The van der Waals surface area contributed by atoms with Crippen LogP contribution in [0.25, 0.3) is 11.0 Å². The fourth-order valence-corrected chi connectivity index (χ4v) is 4.36. The van der Waals surface area contributed by atoms with Crippen molar-refractivity contribution < 1.29 is 18.9 Å². The zero-order valence-electron chi connectivity index (χ0n) is 18.2. The average Bonchev–Trinajstić information content (AvgIpc) is 3.35. The largest absolute Gasteiger partial charge is 0.496 e. The molecule has 0 N–H and O–H groups in total. The van der Waals surface area contributed by atoms with Crippen LogP contribution in [0.2, 0.25) is 0 Å². The molecule has 0 spiro atoms. The number of methoxy groups -OCH3 is 4. The highest BCUT2D eigenvalue weighted by molar-refractivity contribution is 7.15. The van der Waals surface area contributed by atoms with Crippen molar-refractivity contribution in [2.24, 2.45) is 0 Å². The van der Waals surface area contributed by atoms with E-state index in [4.69, 9.17) is 18.9 Å². The molecule has 0 unspecified atom stereocenters. The van der Waals surface area contributed by atoms with E-state index in [1.54, 1.807) is 34.5 Å². The summed E-state index contributed by atoms with van der Waals surface area (Å²) in [5, 5.41) is 4.42. The molecule has 166 valence electrons. The van der Waals surface area contributed by atoms with Gasteiger partial charge in [0.15, 0.2) is 17.3 Å². The van der Waals surface area contributed by atoms with Crippen molar-refractivity contribution in [2.45, 2.75) is 12.8 Å². The van der Waals surface area contributed by atoms with E-state index in [1.165, 1.54) is 15.9 Å². The molecule has 0 fully saturated rings. The molecule has 4 rings (SSSR count). The van der Waals surface area contributed by atoms with Gasteiger partial charge in [0.05, 0.1) is 33.0 Å². The van der Waals surface area contributed by atoms with Crippen LogP contribution in [0.5, 0.6) is 23.0 Å². The third-order valence-corrected chi connectivity index (χ3v) is 5.97. The Bertz CT molecular complexity index is 1340. The SMILES string of the molecule is COc1ccccc1/C=c1\sc2nc(CCc3cc(OC)c(OC)c(OC)c3)nn2c1=O. The number of para-hydroxylation sites is 1. The number of rotatable bonds is 8. The highest BCUT2D eigenvalue weighted by Crippen LogP contribution is 2.38. The van der Waals surface area contributed by atoms with Gasteiger partial charge in [-0.15, -0.1) is 5.10 Å². The van der Waals surface area contributed by atoms with Crippen molar-refractivity contribution >= 4 is 22.4 Å². The van der Waals surface area contributed by atoms with E-state index in [0.29, 0.717) is 51.2 Å². The number of hydrogen-bond donors (Lipinski definition) is 0. The monoisotopic (exact) mass is 453 g/mol. The molecular formula is C23H23N3O5S. The predicted octanol–water partition coefficient (Wildman–Crippen LogP) is 2.52. The Kier molecular flexibility index (Phi) is 6.27. The van der Waals surface area contributed by atoms with Gasteiger partial charge in [0.1, 0.15) is 5.75 Å². The third-order valence-electron chi connectivity index (χ3n) is 5.01. The van der Waals surface area contributed by atoms with Gasteiger partial charge in [0.2, 0.25) is 10.7 Å². The van der Waals surface area contributed by atoms with Gasteiger partial charge in [0.25, 0.3) is 5.56 Å². The highest BCUT2D eigenvalue weighted by Gasteiger charge is 2.15. The zero-order chi connectivity index (χ0) is 22.7. The Morgan fingerprint density at radius 1 is 0.938 bits per heavy atom. The van der Waals surface area contributed by atoms with E-state index in [9.17, 15) is 4.79 Å². The third kappa shape index (κ3) is 4.11. The van der Waals surface area contributed by atoms with Crippen LogP contribution < -0.4 is 29.0 Å². The molecule has 0 saturated carbocycles. The molecule has 32 heavy (non-hydrogen) atoms. The number of hydrogen-bond acceptors (Lipinski definition) is 8. The smallest absolute Gasteiger partial charge is 0.291 e. The number of nitrogens with zero attached hydrogens (tertiary/aromatic N) is 3. The fraction of sp³-hybridized carbons (Fsp3) is 0.261. The minimum absolute atomic E-state index is 0.192. The topological polar surface area (TPSA) is 84.2 Å². The van der Waals surface area contributed by atoms with Crippen LogP contribution in [0.4, 0.5) is 0 Å². The number of fused-ring (bicyclic) bond motifs is 1. The minimum Gasteiger partial charge on any atom is -0.496 e. The predicted molar refractivity (Wildman–Crippen MR) is 122 cm³/mol. The number of benzene rings is 2. The molecule has 0 saturated heterocycles. The first kappa shape index (κ1) is 21.6. The van der Waals surface area contributed by atoms with Gasteiger partial charge in [0, 0.05) is 12.0 Å². The van der Waals surface area contributed by atoms with Gasteiger partial charge in [-0.1, -0.05) is 29.5 Å². The standard InChI is InChI=1S/C23H23N3O5S/c1-28-16-8-6-5-7-15(16)13-19-22(27)26-23(32-19)24-20(25-26)10-9-14-11-17(29-2)21(31-4)18(12-14)30-3/h5-8,11-13H,9-10H2,1-4H3/b19-13-. The Hall–Kier alpha value is -3.59. The number of thiazole rings is 1. The summed E-state index contributed by atoms with van der Waals surface area (Å²) in [5.74, 6) is 3.05. The molecule has 2 aromatic carbocycles. The molecule has 2 heterocycles. The summed E-state index contributed by atoms with van der Waals surface area (Å²) in [5.41, 5.74) is 1.63. The lowest BCUT2D eigenvalue weighted by molar-refractivity contribution is 0.324. The first-order valence-corrected chi connectivity index (χ1v) is 10.7. The van der Waals surface area contributed by atoms with Crippen LogP contribution in [0.1, 0.15) is 17.0 Å². The van der Waals surface area contributed by atoms with Crippen molar-refractivity contribution in [1.29, 1.82) is 0 Å². The molecule has 0 aliphatic carbocycles. The van der Waals surface area contributed by atoms with Crippen LogP contribution in [0.3, 0.4) is 0 Å². The Morgan fingerprint density at radius 3 is 2.25 bits per heavy atom. The summed E-state index contributed by atoms with van der Waals surface area (Å²) in [4.78, 5) is 17.9. The molecular weight excluding hydrogens is 430 g/mol.